The van der Waals surface area contributed by atoms with E-state index in [-0.39, 0.29) is 0 Å². The molecule has 0 radical (unpaired) electrons. The smallest absolute Gasteiger partial charge is 0.157 e. The number of rotatable bonds is 10. The third-order valence-corrected chi connectivity index (χ3v) is 3.88. The van der Waals surface area contributed by atoms with E-state index in [1.807, 2.05) is 20.0 Å². The summed E-state index contributed by atoms with van der Waals surface area (Å²) in [6.07, 6.45) is 0. The van der Waals surface area contributed by atoms with E-state index in [2.05, 4.69) is 34.0 Å². The number of hydrogen-bond donors (Lipinski definition) is 1. The lowest BCUT2D eigenvalue weighted by Crippen LogP contribution is -2.25. The molecule has 20 heavy (non-hydrogen) atoms. The molecule has 0 atom stereocenters. The second-order valence-electron chi connectivity index (χ2n) is 4.27. The Morgan fingerprint density at radius 2 is 2.00 bits per heavy atom. The minimum Gasteiger partial charge on any atom is -0.374 e. The van der Waals surface area contributed by atoms with E-state index in [9.17, 15) is 0 Å². The molecule has 114 valence electrons. The minimum absolute atomic E-state index is 0.468. The SMILES string of the molecule is CCOCc1nc(NC)cc(SCCN(CC)CC)n1. The number of nitrogens with zero attached hydrogens (tertiary/aromatic N) is 3. The summed E-state index contributed by atoms with van der Waals surface area (Å²) in [5, 5.41) is 4.08. The van der Waals surface area contributed by atoms with Gasteiger partial charge in [0, 0.05) is 32.0 Å². The molecule has 5 nitrogen and oxygen atoms in total. The lowest BCUT2D eigenvalue weighted by Gasteiger charge is -2.17. The van der Waals surface area contributed by atoms with Crippen LogP contribution in [0.4, 0.5) is 5.82 Å². The van der Waals surface area contributed by atoms with Crippen molar-refractivity contribution in [3.63, 3.8) is 0 Å². The Labute approximate surface area is 126 Å². The molecular weight excluding hydrogens is 272 g/mol. The second kappa shape index (κ2) is 9.96. The summed E-state index contributed by atoms with van der Waals surface area (Å²) in [4.78, 5) is 11.3. The largest absolute Gasteiger partial charge is 0.374 e. The summed E-state index contributed by atoms with van der Waals surface area (Å²) in [6, 6.07) is 1.99. The van der Waals surface area contributed by atoms with Crippen molar-refractivity contribution >= 4 is 17.6 Å². The molecule has 1 heterocycles. The standard InChI is InChI=1S/C14H26N4OS/c1-5-18(6-2)8-9-20-14-10-12(15-4)16-13(17-14)11-19-7-3/h10H,5-9,11H2,1-4H3,(H,15,16,17). The molecule has 0 unspecified atom stereocenters. The van der Waals surface area contributed by atoms with E-state index in [0.29, 0.717) is 13.2 Å². The zero-order chi connectivity index (χ0) is 14.8. The van der Waals surface area contributed by atoms with Crippen LogP contribution in [-0.2, 0) is 11.3 Å². The van der Waals surface area contributed by atoms with Gasteiger partial charge in [-0.25, -0.2) is 9.97 Å². The summed E-state index contributed by atoms with van der Waals surface area (Å²) in [5.41, 5.74) is 0. The Morgan fingerprint density at radius 1 is 1.25 bits per heavy atom. The van der Waals surface area contributed by atoms with E-state index < -0.39 is 0 Å². The fourth-order valence-electron chi connectivity index (χ4n) is 1.75. The first kappa shape index (κ1) is 17.2. The fraction of sp³-hybridized carbons (Fsp3) is 0.714. The molecule has 0 spiro atoms. The number of nitrogens with one attached hydrogen (secondary N) is 1. The first-order valence-corrected chi connectivity index (χ1v) is 8.20. The number of hydrogen-bond acceptors (Lipinski definition) is 6. The van der Waals surface area contributed by atoms with Gasteiger partial charge >= 0.3 is 0 Å². The van der Waals surface area contributed by atoms with Crippen LogP contribution >= 0.6 is 11.8 Å². The Hall–Kier alpha value is -0.850. The molecule has 0 amide bonds. The molecule has 0 aliphatic carbocycles. The van der Waals surface area contributed by atoms with Crippen LogP contribution in [0.3, 0.4) is 0 Å². The number of thioether (sulfide) groups is 1. The van der Waals surface area contributed by atoms with Crippen LogP contribution in [-0.4, -0.2) is 53.9 Å². The predicted octanol–water partition coefficient (Wildman–Crippen LogP) is 2.49. The van der Waals surface area contributed by atoms with Crippen molar-refractivity contribution in [3.05, 3.63) is 11.9 Å². The van der Waals surface area contributed by atoms with Crippen LogP contribution in [0, 0.1) is 0 Å². The van der Waals surface area contributed by atoms with Gasteiger partial charge in [0.25, 0.3) is 0 Å². The number of aromatic nitrogens is 2. The average molecular weight is 298 g/mol. The molecule has 0 saturated heterocycles. The normalized spacial score (nSPS) is 11.1. The first-order valence-electron chi connectivity index (χ1n) is 7.22. The van der Waals surface area contributed by atoms with Gasteiger partial charge in [-0.2, -0.15) is 0 Å². The first-order chi connectivity index (χ1) is 9.73. The highest BCUT2D eigenvalue weighted by Gasteiger charge is 2.06. The summed E-state index contributed by atoms with van der Waals surface area (Å²) in [7, 11) is 1.87. The molecule has 1 aromatic rings. The molecule has 0 fully saturated rings. The molecule has 0 aromatic carbocycles. The second-order valence-corrected chi connectivity index (χ2v) is 5.39. The van der Waals surface area contributed by atoms with E-state index in [0.717, 1.165) is 42.1 Å². The maximum Gasteiger partial charge on any atom is 0.157 e. The predicted molar refractivity (Wildman–Crippen MR) is 85.4 cm³/mol. The van der Waals surface area contributed by atoms with Crippen LogP contribution in [0.15, 0.2) is 11.1 Å². The van der Waals surface area contributed by atoms with Gasteiger partial charge in [0.05, 0.1) is 0 Å². The van der Waals surface area contributed by atoms with E-state index in [1.165, 1.54) is 0 Å². The van der Waals surface area contributed by atoms with Crippen molar-refractivity contribution in [1.29, 1.82) is 0 Å². The van der Waals surface area contributed by atoms with Crippen LogP contribution in [0.25, 0.3) is 0 Å². The van der Waals surface area contributed by atoms with Crippen LogP contribution in [0.5, 0.6) is 0 Å². The third-order valence-electron chi connectivity index (χ3n) is 2.99. The van der Waals surface area contributed by atoms with Gasteiger partial charge in [0.15, 0.2) is 5.82 Å². The Morgan fingerprint density at radius 3 is 2.60 bits per heavy atom. The monoisotopic (exact) mass is 298 g/mol. The van der Waals surface area contributed by atoms with Gasteiger partial charge in [0.2, 0.25) is 0 Å². The van der Waals surface area contributed by atoms with Crippen molar-refractivity contribution in [1.82, 2.24) is 14.9 Å². The zero-order valence-electron chi connectivity index (χ0n) is 13.0. The average Bonchev–Trinajstić information content (AvgIpc) is 2.49. The summed E-state index contributed by atoms with van der Waals surface area (Å²) >= 11 is 1.77. The highest BCUT2D eigenvalue weighted by molar-refractivity contribution is 7.99. The lowest BCUT2D eigenvalue weighted by atomic mass is 10.5. The molecule has 0 aliphatic heterocycles. The number of ether oxygens (including phenoxy) is 1. The van der Waals surface area contributed by atoms with Crippen LogP contribution in [0.1, 0.15) is 26.6 Å². The molecule has 1 aromatic heterocycles. The van der Waals surface area contributed by atoms with Crippen LogP contribution in [0.2, 0.25) is 0 Å². The van der Waals surface area contributed by atoms with Crippen molar-refractivity contribution in [2.75, 3.05) is 44.4 Å². The van der Waals surface area contributed by atoms with Gasteiger partial charge in [-0.05, 0) is 20.0 Å². The molecule has 6 heteroatoms. The van der Waals surface area contributed by atoms with E-state index in [1.54, 1.807) is 11.8 Å². The Bertz CT molecular complexity index is 385. The highest BCUT2D eigenvalue weighted by Crippen LogP contribution is 2.19. The van der Waals surface area contributed by atoms with Gasteiger partial charge in [-0.15, -0.1) is 11.8 Å². The van der Waals surface area contributed by atoms with Gasteiger partial charge in [-0.1, -0.05) is 13.8 Å². The van der Waals surface area contributed by atoms with Crippen LogP contribution < -0.4 is 5.32 Å². The Kier molecular flexibility index (Phi) is 8.57. The highest BCUT2D eigenvalue weighted by atomic mass is 32.2. The van der Waals surface area contributed by atoms with Crippen molar-refractivity contribution < 1.29 is 4.74 Å². The summed E-state index contributed by atoms with van der Waals surface area (Å²) in [5.74, 6) is 2.62. The maximum atomic E-state index is 5.38. The molecule has 0 saturated carbocycles. The maximum absolute atomic E-state index is 5.38. The van der Waals surface area contributed by atoms with E-state index in [4.69, 9.17) is 4.74 Å². The van der Waals surface area contributed by atoms with Gasteiger partial charge in [0.1, 0.15) is 17.5 Å². The summed E-state index contributed by atoms with van der Waals surface area (Å²) < 4.78 is 5.38. The van der Waals surface area contributed by atoms with Gasteiger partial charge < -0.3 is 15.0 Å². The molecule has 1 rings (SSSR count). The summed E-state index contributed by atoms with van der Waals surface area (Å²) in [6.45, 7) is 10.8. The fourth-order valence-corrected chi connectivity index (χ4v) is 2.68. The van der Waals surface area contributed by atoms with E-state index >= 15 is 0 Å². The van der Waals surface area contributed by atoms with Crippen molar-refractivity contribution in [2.45, 2.75) is 32.4 Å². The lowest BCUT2D eigenvalue weighted by molar-refractivity contribution is 0.128. The molecular formula is C14H26N4OS. The van der Waals surface area contributed by atoms with Crippen molar-refractivity contribution in [3.8, 4) is 0 Å². The quantitative estimate of drug-likeness (QED) is 0.529. The zero-order valence-corrected chi connectivity index (χ0v) is 13.8. The molecule has 1 N–H and O–H groups in total. The topological polar surface area (TPSA) is 50.3 Å². The van der Waals surface area contributed by atoms with Gasteiger partial charge in [-0.3, -0.25) is 0 Å². The minimum atomic E-state index is 0.468. The van der Waals surface area contributed by atoms with Crippen molar-refractivity contribution in [2.24, 2.45) is 0 Å². The Balaban J connectivity index is 2.59. The third kappa shape index (κ3) is 6.07. The molecule has 0 aliphatic rings. The number of anilines is 1. The molecule has 0 bridgehead atoms.